The van der Waals surface area contributed by atoms with E-state index < -0.39 is 11.8 Å². The number of hydrogen-bond acceptors (Lipinski definition) is 4. The molecule has 0 unspecified atom stereocenters. The zero-order valence-corrected chi connectivity index (χ0v) is 10.6. The van der Waals surface area contributed by atoms with E-state index in [1.807, 2.05) is 0 Å². The number of rotatable bonds is 3. The van der Waals surface area contributed by atoms with Gasteiger partial charge in [0.1, 0.15) is 0 Å². The molecule has 20 heavy (non-hydrogen) atoms. The van der Waals surface area contributed by atoms with Crippen molar-refractivity contribution in [2.24, 2.45) is 11.5 Å². The van der Waals surface area contributed by atoms with Crippen molar-refractivity contribution in [2.45, 2.75) is 0 Å². The Hall–Kier alpha value is -3.02. The number of primary amides is 2. The Bertz CT molecular complexity index is 678. The maximum Gasteiger partial charge on any atom is 0.249 e. The predicted molar refractivity (Wildman–Crippen MR) is 77.7 cm³/mol. The predicted octanol–water partition coefficient (Wildman–Crippen LogP) is 0.716. The van der Waals surface area contributed by atoms with Crippen LogP contribution in [-0.2, 0) is 0 Å². The molecule has 2 amide bonds. The van der Waals surface area contributed by atoms with Gasteiger partial charge in [0.2, 0.25) is 11.8 Å². The minimum absolute atomic E-state index is 0.178. The molecular formula is C14H14N4O2. The van der Waals surface area contributed by atoms with E-state index in [1.165, 1.54) is 24.3 Å². The smallest absolute Gasteiger partial charge is 0.249 e. The summed E-state index contributed by atoms with van der Waals surface area (Å²) in [5, 5.41) is 0. The quantitative estimate of drug-likeness (QED) is 0.610. The molecule has 0 aliphatic heterocycles. The summed E-state index contributed by atoms with van der Waals surface area (Å²) in [6.45, 7) is 0. The van der Waals surface area contributed by atoms with E-state index in [1.54, 1.807) is 12.1 Å². The standard InChI is InChI=1S/C14H14N4O2/c15-7-4-5-8(11(16)6-7)12-9(13(17)19)2-1-3-10(12)14(18)20/h1-6H,15-16H2,(H2,17,19)(H2,18,20). The summed E-state index contributed by atoms with van der Waals surface area (Å²) < 4.78 is 0. The third-order valence-corrected chi connectivity index (χ3v) is 2.94. The van der Waals surface area contributed by atoms with Crippen molar-refractivity contribution in [3.8, 4) is 11.1 Å². The summed E-state index contributed by atoms with van der Waals surface area (Å²) in [6, 6.07) is 9.35. The Morgan fingerprint density at radius 3 is 1.85 bits per heavy atom. The van der Waals surface area contributed by atoms with E-state index in [0.29, 0.717) is 22.5 Å². The van der Waals surface area contributed by atoms with Gasteiger partial charge in [-0.25, -0.2) is 0 Å². The van der Waals surface area contributed by atoms with Crippen LogP contribution in [0.1, 0.15) is 20.7 Å². The van der Waals surface area contributed by atoms with Crippen LogP contribution >= 0.6 is 0 Å². The highest BCUT2D eigenvalue weighted by Gasteiger charge is 2.19. The highest BCUT2D eigenvalue weighted by Crippen LogP contribution is 2.33. The number of hydrogen-bond donors (Lipinski definition) is 4. The Labute approximate surface area is 115 Å². The van der Waals surface area contributed by atoms with Gasteiger partial charge in [0.25, 0.3) is 0 Å². The van der Waals surface area contributed by atoms with Crippen LogP contribution in [0.3, 0.4) is 0 Å². The number of amides is 2. The van der Waals surface area contributed by atoms with Gasteiger partial charge < -0.3 is 22.9 Å². The average molecular weight is 270 g/mol. The van der Waals surface area contributed by atoms with Gasteiger partial charge in [-0.2, -0.15) is 0 Å². The summed E-state index contributed by atoms with van der Waals surface area (Å²) in [4.78, 5) is 23.1. The summed E-state index contributed by atoms with van der Waals surface area (Å²) in [7, 11) is 0. The molecular weight excluding hydrogens is 256 g/mol. The normalized spacial score (nSPS) is 10.2. The van der Waals surface area contributed by atoms with E-state index in [2.05, 4.69) is 0 Å². The maximum atomic E-state index is 11.6. The lowest BCUT2D eigenvalue weighted by Gasteiger charge is -2.13. The van der Waals surface area contributed by atoms with Crippen molar-refractivity contribution < 1.29 is 9.59 Å². The topological polar surface area (TPSA) is 138 Å². The van der Waals surface area contributed by atoms with Crippen molar-refractivity contribution in [1.29, 1.82) is 0 Å². The van der Waals surface area contributed by atoms with Crippen molar-refractivity contribution in [2.75, 3.05) is 11.5 Å². The lowest BCUT2D eigenvalue weighted by atomic mass is 9.92. The minimum Gasteiger partial charge on any atom is -0.399 e. The first-order valence-corrected chi connectivity index (χ1v) is 5.79. The molecule has 0 fully saturated rings. The summed E-state index contributed by atoms with van der Waals surface area (Å²) in [6.07, 6.45) is 0. The molecule has 8 N–H and O–H groups in total. The van der Waals surface area contributed by atoms with Gasteiger partial charge in [0.05, 0.1) is 0 Å². The van der Waals surface area contributed by atoms with Crippen molar-refractivity contribution in [3.63, 3.8) is 0 Å². The second-order valence-electron chi connectivity index (χ2n) is 4.30. The molecule has 0 aromatic heterocycles. The Balaban J connectivity index is 2.83. The third-order valence-electron chi connectivity index (χ3n) is 2.94. The molecule has 0 saturated heterocycles. The van der Waals surface area contributed by atoms with Gasteiger partial charge in [-0.1, -0.05) is 12.1 Å². The molecule has 102 valence electrons. The van der Waals surface area contributed by atoms with Crippen LogP contribution in [0.2, 0.25) is 0 Å². The van der Waals surface area contributed by atoms with E-state index in [0.717, 1.165) is 0 Å². The van der Waals surface area contributed by atoms with Gasteiger partial charge in [0, 0.05) is 33.6 Å². The molecule has 0 aliphatic rings. The molecule has 0 radical (unpaired) electrons. The molecule has 0 bridgehead atoms. The fourth-order valence-corrected chi connectivity index (χ4v) is 2.06. The number of carbonyl (C=O) groups is 2. The van der Waals surface area contributed by atoms with Gasteiger partial charge in [-0.05, 0) is 24.3 Å². The SMILES string of the molecule is NC(=O)c1cccc(C(N)=O)c1-c1ccc(N)cc1N. The minimum atomic E-state index is -0.667. The van der Waals surface area contributed by atoms with E-state index >= 15 is 0 Å². The number of nitrogen functional groups attached to an aromatic ring is 2. The Morgan fingerprint density at radius 2 is 1.40 bits per heavy atom. The molecule has 0 saturated carbocycles. The van der Waals surface area contributed by atoms with Crippen molar-refractivity contribution in [1.82, 2.24) is 0 Å². The zero-order valence-electron chi connectivity index (χ0n) is 10.6. The lowest BCUT2D eigenvalue weighted by molar-refractivity contribution is 0.0999. The summed E-state index contributed by atoms with van der Waals surface area (Å²) in [5.74, 6) is -1.33. The first kappa shape index (κ1) is 13.4. The van der Waals surface area contributed by atoms with Crippen LogP contribution in [-0.4, -0.2) is 11.8 Å². The zero-order chi connectivity index (χ0) is 14.9. The second kappa shape index (κ2) is 4.93. The molecule has 2 rings (SSSR count). The monoisotopic (exact) mass is 270 g/mol. The van der Waals surface area contributed by atoms with Crippen LogP contribution in [0, 0.1) is 0 Å². The largest absolute Gasteiger partial charge is 0.399 e. The van der Waals surface area contributed by atoms with Gasteiger partial charge in [-0.3, -0.25) is 9.59 Å². The van der Waals surface area contributed by atoms with Crippen LogP contribution in [0.5, 0.6) is 0 Å². The number of benzene rings is 2. The second-order valence-corrected chi connectivity index (χ2v) is 4.30. The summed E-state index contributed by atoms with van der Waals surface area (Å²) in [5.41, 5.74) is 24.2. The molecule has 0 heterocycles. The first-order valence-electron chi connectivity index (χ1n) is 5.79. The lowest BCUT2D eigenvalue weighted by Crippen LogP contribution is -2.18. The molecule has 0 atom stereocenters. The Kier molecular flexibility index (Phi) is 3.30. The maximum absolute atomic E-state index is 11.6. The molecule has 0 spiro atoms. The Morgan fingerprint density at radius 1 is 0.850 bits per heavy atom. The van der Waals surface area contributed by atoms with Crippen LogP contribution in [0.25, 0.3) is 11.1 Å². The fraction of sp³-hybridized carbons (Fsp3) is 0. The van der Waals surface area contributed by atoms with E-state index in [9.17, 15) is 9.59 Å². The number of nitrogens with two attached hydrogens (primary N) is 4. The highest BCUT2D eigenvalue weighted by atomic mass is 16.1. The van der Waals surface area contributed by atoms with E-state index in [-0.39, 0.29) is 11.1 Å². The van der Waals surface area contributed by atoms with Gasteiger partial charge in [-0.15, -0.1) is 0 Å². The molecule has 6 nitrogen and oxygen atoms in total. The van der Waals surface area contributed by atoms with Gasteiger partial charge in [0.15, 0.2) is 0 Å². The molecule has 0 aliphatic carbocycles. The van der Waals surface area contributed by atoms with Crippen molar-refractivity contribution >= 4 is 23.2 Å². The van der Waals surface area contributed by atoms with Crippen molar-refractivity contribution in [3.05, 3.63) is 47.5 Å². The van der Waals surface area contributed by atoms with Crippen LogP contribution in [0.15, 0.2) is 36.4 Å². The van der Waals surface area contributed by atoms with Crippen LogP contribution in [0.4, 0.5) is 11.4 Å². The third kappa shape index (κ3) is 2.26. The van der Waals surface area contributed by atoms with Crippen LogP contribution < -0.4 is 22.9 Å². The number of carbonyl (C=O) groups excluding carboxylic acids is 2. The summed E-state index contributed by atoms with van der Waals surface area (Å²) >= 11 is 0. The van der Waals surface area contributed by atoms with Gasteiger partial charge >= 0.3 is 0 Å². The average Bonchev–Trinajstić information content (AvgIpc) is 2.37. The molecule has 2 aromatic rings. The highest BCUT2D eigenvalue weighted by molar-refractivity contribution is 6.09. The fourth-order valence-electron chi connectivity index (χ4n) is 2.06. The van der Waals surface area contributed by atoms with E-state index in [4.69, 9.17) is 22.9 Å². The molecule has 6 heteroatoms. The first-order chi connectivity index (χ1) is 9.41. The number of anilines is 2. The molecule has 2 aromatic carbocycles.